The summed E-state index contributed by atoms with van der Waals surface area (Å²) in [6.45, 7) is -0.654. The van der Waals surface area contributed by atoms with E-state index in [1.165, 1.54) is 15.9 Å². The number of nitrogens with two attached hydrogens (primary N) is 1. The van der Waals surface area contributed by atoms with Crippen LogP contribution in [-0.4, -0.2) is 19.6 Å². The first-order chi connectivity index (χ1) is 10.4. The number of nitrogens with zero attached hydrogens (tertiary/aromatic N) is 1. The van der Waals surface area contributed by atoms with Crippen molar-refractivity contribution in [1.29, 1.82) is 5.26 Å². The lowest BCUT2D eigenvalue weighted by molar-refractivity contribution is 0.299. The lowest BCUT2D eigenvalue weighted by atomic mass is 10.4. The second-order valence-electron chi connectivity index (χ2n) is 3.89. The lowest BCUT2D eigenvalue weighted by Crippen LogP contribution is -2.02. The van der Waals surface area contributed by atoms with E-state index < -0.39 is 28.1 Å². The van der Waals surface area contributed by atoms with Crippen molar-refractivity contribution >= 4 is 21.5 Å². The summed E-state index contributed by atoms with van der Waals surface area (Å²) in [6, 6.07) is 21.8. The fraction of sp³-hybridized carbons (Fsp3) is 0.0714. The molecule has 0 saturated heterocycles. The van der Waals surface area contributed by atoms with E-state index in [2.05, 4.69) is 28.4 Å². The second kappa shape index (κ2) is 9.19. The van der Waals surface area contributed by atoms with Gasteiger partial charge in [-0.05, 0) is 24.3 Å². The van der Waals surface area contributed by atoms with Gasteiger partial charge in [0.25, 0.3) is 0 Å². The molecular weight excluding hydrogens is 324 g/mol. The van der Waals surface area contributed by atoms with Crippen LogP contribution >= 0.6 is 11.1 Å². The molecule has 0 atom stereocenters. The number of hydrogen-bond acceptors (Lipinski definition) is 5. The third-order valence-corrected chi connectivity index (χ3v) is 4.47. The van der Waals surface area contributed by atoms with Crippen molar-refractivity contribution in [3.8, 4) is 6.07 Å². The van der Waals surface area contributed by atoms with Crippen molar-refractivity contribution in [2.75, 3.05) is 6.61 Å². The summed E-state index contributed by atoms with van der Waals surface area (Å²) in [7, 11) is -4.41. The van der Waals surface area contributed by atoms with Gasteiger partial charge >= 0.3 is 10.4 Å². The molecule has 0 radical (unpaired) electrons. The highest BCUT2D eigenvalue weighted by Crippen LogP contribution is 2.36. The first kappa shape index (κ1) is 18.2. The first-order valence-electron chi connectivity index (χ1n) is 6.08. The Hall–Kier alpha value is -1.89. The fourth-order valence-electron chi connectivity index (χ4n) is 1.43. The Labute approximate surface area is 132 Å². The van der Waals surface area contributed by atoms with Gasteiger partial charge < -0.3 is 0 Å². The van der Waals surface area contributed by atoms with E-state index in [-0.39, 0.29) is 0 Å². The molecule has 6 nitrogen and oxygen atoms in total. The molecule has 118 valence electrons. The molecule has 0 unspecified atom stereocenters. The van der Waals surface area contributed by atoms with Gasteiger partial charge in [0.1, 0.15) is 0 Å². The van der Waals surface area contributed by atoms with Gasteiger partial charge in [-0.25, -0.2) is 4.18 Å². The normalized spacial score (nSPS) is 10.9. The summed E-state index contributed by atoms with van der Waals surface area (Å²) < 4.78 is 30.4. The van der Waals surface area contributed by atoms with Crippen molar-refractivity contribution in [3.05, 3.63) is 60.7 Å². The molecule has 0 aromatic heterocycles. The number of benzene rings is 2. The van der Waals surface area contributed by atoms with Crippen LogP contribution in [0.1, 0.15) is 0 Å². The van der Waals surface area contributed by atoms with Gasteiger partial charge in [0.05, 0.1) is 6.07 Å². The van der Waals surface area contributed by atoms with Gasteiger partial charge in [0, 0.05) is 9.79 Å². The van der Waals surface area contributed by atoms with Crippen LogP contribution in [0.15, 0.2) is 70.5 Å². The molecule has 22 heavy (non-hydrogen) atoms. The molecule has 0 heterocycles. The zero-order valence-electron chi connectivity index (χ0n) is 11.5. The standard InChI is InChI=1S/C12H13NS.C2H3NO4S/c13-14(11-7-3-1-4-8-11)12-9-5-2-6-10-12;3-1-2-7-8(4,5)6/h1-10,14H,13H2;2H2,(H,4,5,6). The Morgan fingerprint density at radius 1 is 1.05 bits per heavy atom. The summed E-state index contributed by atoms with van der Waals surface area (Å²) >= 11 is -0.671. The third kappa shape index (κ3) is 7.21. The summed E-state index contributed by atoms with van der Waals surface area (Å²) in [6.07, 6.45) is 0. The maximum Gasteiger partial charge on any atom is 0.398 e. The molecule has 3 N–H and O–H groups in total. The molecule has 0 saturated carbocycles. The molecule has 0 bridgehead atoms. The van der Waals surface area contributed by atoms with Gasteiger partial charge in [-0.2, -0.15) is 13.7 Å². The highest BCUT2D eigenvalue weighted by molar-refractivity contribution is 8.15. The molecule has 0 aliphatic carbocycles. The molecule has 2 rings (SSSR count). The Morgan fingerprint density at radius 3 is 1.73 bits per heavy atom. The second-order valence-corrected chi connectivity index (χ2v) is 6.75. The third-order valence-electron chi connectivity index (χ3n) is 2.34. The van der Waals surface area contributed by atoms with E-state index in [0.29, 0.717) is 0 Å². The maximum atomic E-state index is 9.57. The van der Waals surface area contributed by atoms with E-state index in [4.69, 9.17) is 15.0 Å². The first-order valence-corrected chi connectivity index (χ1v) is 8.85. The van der Waals surface area contributed by atoms with Crippen LogP contribution in [0.25, 0.3) is 0 Å². The molecule has 2 aromatic carbocycles. The average molecular weight is 340 g/mol. The van der Waals surface area contributed by atoms with Gasteiger partial charge in [-0.15, -0.1) is 11.1 Å². The van der Waals surface area contributed by atoms with Crippen molar-refractivity contribution in [3.63, 3.8) is 0 Å². The molecule has 8 heteroatoms. The van der Waals surface area contributed by atoms with Crippen LogP contribution in [0.3, 0.4) is 0 Å². The Kier molecular flexibility index (Phi) is 7.59. The summed E-state index contributed by atoms with van der Waals surface area (Å²) in [5.41, 5.74) is 0. The van der Waals surface area contributed by atoms with Crippen molar-refractivity contribution in [2.45, 2.75) is 9.79 Å². The molecule has 0 fully saturated rings. The topological polar surface area (TPSA) is 113 Å². The molecule has 0 amide bonds. The predicted molar refractivity (Wildman–Crippen MR) is 85.7 cm³/mol. The van der Waals surface area contributed by atoms with E-state index in [1.807, 2.05) is 36.4 Å². The van der Waals surface area contributed by atoms with E-state index >= 15 is 0 Å². The van der Waals surface area contributed by atoms with Crippen molar-refractivity contribution in [1.82, 2.24) is 0 Å². The molecule has 2 aromatic rings. The lowest BCUT2D eigenvalue weighted by Gasteiger charge is -2.16. The Balaban J connectivity index is 0.000000261. The number of rotatable bonds is 4. The minimum Gasteiger partial charge on any atom is -0.289 e. The van der Waals surface area contributed by atoms with Gasteiger partial charge in [0.2, 0.25) is 0 Å². The van der Waals surface area contributed by atoms with Crippen molar-refractivity contribution < 1.29 is 17.2 Å². The highest BCUT2D eigenvalue weighted by Gasteiger charge is 2.02. The zero-order valence-corrected chi connectivity index (χ0v) is 13.2. The minimum absolute atomic E-state index is 0.654. The predicted octanol–water partition coefficient (Wildman–Crippen LogP) is 2.31. The zero-order chi connectivity index (χ0) is 16.4. The van der Waals surface area contributed by atoms with Crippen molar-refractivity contribution in [2.24, 2.45) is 5.14 Å². The van der Waals surface area contributed by atoms with Crippen LogP contribution < -0.4 is 5.14 Å². The van der Waals surface area contributed by atoms with Crippen LogP contribution in [0, 0.1) is 11.3 Å². The molecule has 0 aliphatic heterocycles. The number of thiol groups is 1. The van der Waals surface area contributed by atoms with Gasteiger partial charge in [-0.3, -0.25) is 9.69 Å². The molecule has 0 spiro atoms. The van der Waals surface area contributed by atoms with Crippen LogP contribution in [0.4, 0.5) is 0 Å². The largest absolute Gasteiger partial charge is 0.398 e. The summed E-state index contributed by atoms with van der Waals surface area (Å²) in [4.78, 5) is 2.43. The van der Waals surface area contributed by atoms with Crippen LogP contribution in [0.2, 0.25) is 0 Å². The maximum absolute atomic E-state index is 9.57. The number of nitriles is 1. The van der Waals surface area contributed by atoms with Gasteiger partial charge in [-0.1, -0.05) is 36.4 Å². The van der Waals surface area contributed by atoms with E-state index in [1.54, 1.807) is 0 Å². The van der Waals surface area contributed by atoms with E-state index in [9.17, 15) is 8.42 Å². The Bertz CT molecular complexity index is 661. The van der Waals surface area contributed by atoms with Crippen LogP contribution in [-0.2, 0) is 14.6 Å². The Morgan fingerprint density at radius 2 is 1.45 bits per heavy atom. The summed E-state index contributed by atoms with van der Waals surface area (Å²) in [5.74, 6) is 0. The molecule has 0 aliphatic rings. The smallest absolute Gasteiger partial charge is 0.289 e. The highest BCUT2D eigenvalue weighted by atomic mass is 32.3. The van der Waals surface area contributed by atoms with E-state index in [0.717, 1.165) is 0 Å². The summed E-state index contributed by atoms with van der Waals surface area (Å²) in [5, 5.41) is 13.9. The minimum atomic E-state index is -4.41. The number of hydrogen-bond donors (Lipinski definition) is 3. The molecular formula is C14H16N2O4S2. The monoisotopic (exact) mass is 340 g/mol. The quantitative estimate of drug-likeness (QED) is 0.581. The SMILES string of the molecule is N#CCOS(=O)(=O)O.N[SH](c1ccccc1)c1ccccc1. The fourth-order valence-corrected chi connectivity index (χ4v) is 2.91. The van der Waals surface area contributed by atoms with Crippen LogP contribution in [0.5, 0.6) is 0 Å². The average Bonchev–Trinajstić information content (AvgIpc) is 2.54. The van der Waals surface area contributed by atoms with Gasteiger partial charge in [0.15, 0.2) is 6.61 Å².